The zero-order valence-electron chi connectivity index (χ0n) is 11.3. The van der Waals surface area contributed by atoms with Crippen LogP contribution in [0.4, 0.5) is 0 Å². The minimum absolute atomic E-state index is 0.0523. The number of aliphatic hydroxyl groups is 1. The highest BCUT2D eigenvalue weighted by atomic mass is 32.2. The molecule has 2 aromatic heterocycles. The molecule has 0 spiro atoms. The molecule has 0 radical (unpaired) electrons. The first-order valence-electron chi connectivity index (χ1n) is 6.35. The van der Waals surface area contributed by atoms with Crippen molar-refractivity contribution in [2.75, 3.05) is 0 Å². The lowest BCUT2D eigenvalue weighted by molar-refractivity contribution is 0.282. The summed E-state index contributed by atoms with van der Waals surface area (Å²) < 4.78 is 1.35. The fourth-order valence-electron chi connectivity index (χ4n) is 1.85. The molecule has 0 aliphatic rings. The van der Waals surface area contributed by atoms with Gasteiger partial charge in [0.05, 0.1) is 12.4 Å². The van der Waals surface area contributed by atoms with Crippen LogP contribution in [0.2, 0.25) is 0 Å². The number of hydrogen-bond acceptors (Lipinski definition) is 6. The lowest BCUT2D eigenvalue weighted by Gasteiger charge is -2.00. The number of fused-ring (bicyclic) bond motifs is 1. The van der Waals surface area contributed by atoms with Crippen molar-refractivity contribution in [3.63, 3.8) is 0 Å². The SMILES string of the molecule is Cc1cc(=O)n2nc(CSc3ccc(CO)cc3)sc2n1. The summed E-state index contributed by atoms with van der Waals surface area (Å²) in [6.07, 6.45) is 0. The van der Waals surface area contributed by atoms with Crippen molar-refractivity contribution < 1.29 is 5.11 Å². The van der Waals surface area contributed by atoms with Crippen LogP contribution in [0, 0.1) is 6.92 Å². The van der Waals surface area contributed by atoms with Crippen LogP contribution in [0.25, 0.3) is 4.96 Å². The smallest absolute Gasteiger partial charge is 0.275 e. The van der Waals surface area contributed by atoms with Crippen LogP contribution in [0.5, 0.6) is 0 Å². The summed E-state index contributed by atoms with van der Waals surface area (Å²) in [5, 5.41) is 14.2. The Hall–Kier alpha value is -1.70. The van der Waals surface area contributed by atoms with Gasteiger partial charge in [0, 0.05) is 16.7 Å². The number of thioether (sulfide) groups is 1. The van der Waals surface area contributed by atoms with Gasteiger partial charge >= 0.3 is 0 Å². The maximum atomic E-state index is 11.8. The first-order valence-corrected chi connectivity index (χ1v) is 8.15. The summed E-state index contributed by atoms with van der Waals surface area (Å²) in [5.41, 5.74) is 1.46. The van der Waals surface area contributed by atoms with Crippen molar-refractivity contribution in [1.82, 2.24) is 14.6 Å². The van der Waals surface area contributed by atoms with E-state index in [1.807, 2.05) is 24.3 Å². The van der Waals surface area contributed by atoms with Crippen LogP contribution < -0.4 is 5.56 Å². The molecule has 108 valence electrons. The third-order valence-corrected chi connectivity index (χ3v) is 5.00. The molecule has 2 heterocycles. The Morgan fingerprint density at radius 1 is 1.33 bits per heavy atom. The molecule has 5 nitrogen and oxygen atoms in total. The molecule has 0 saturated carbocycles. The first kappa shape index (κ1) is 14.2. The molecule has 21 heavy (non-hydrogen) atoms. The van der Waals surface area contributed by atoms with Gasteiger partial charge < -0.3 is 5.11 Å². The van der Waals surface area contributed by atoms with Crippen molar-refractivity contribution in [2.24, 2.45) is 0 Å². The third kappa shape index (κ3) is 3.15. The highest BCUT2D eigenvalue weighted by Gasteiger charge is 2.08. The standard InChI is InChI=1S/C14H13N3O2S2/c1-9-6-13(19)17-14(15-9)21-12(16-17)8-20-11-4-2-10(7-18)3-5-11/h2-6,18H,7-8H2,1H3. The summed E-state index contributed by atoms with van der Waals surface area (Å²) in [7, 11) is 0. The monoisotopic (exact) mass is 319 g/mol. The highest BCUT2D eigenvalue weighted by Crippen LogP contribution is 2.25. The second-order valence-corrected chi connectivity index (χ2v) is 6.61. The van der Waals surface area contributed by atoms with Crippen LogP contribution in [-0.2, 0) is 12.4 Å². The predicted molar refractivity (Wildman–Crippen MR) is 83.8 cm³/mol. The van der Waals surface area contributed by atoms with Crippen LogP contribution in [0.1, 0.15) is 16.3 Å². The number of rotatable bonds is 4. The molecule has 0 aliphatic carbocycles. The number of hydrogen-bond donors (Lipinski definition) is 1. The van der Waals surface area contributed by atoms with Crippen LogP contribution >= 0.6 is 23.1 Å². The summed E-state index contributed by atoms with van der Waals surface area (Å²) >= 11 is 3.07. The molecule has 3 aromatic rings. The highest BCUT2D eigenvalue weighted by molar-refractivity contribution is 7.98. The molecular formula is C14H13N3O2S2. The lowest BCUT2D eigenvalue weighted by atomic mass is 10.2. The minimum atomic E-state index is -0.141. The van der Waals surface area contributed by atoms with E-state index in [2.05, 4.69) is 10.1 Å². The van der Waals surface area contributed by atoms with Crippen LogP contribution in [0.15, 0.2) is 40.0 Å². The van der Waals surface area contributed by atoms with Gasteiger partial charge in [0.15, 0.2) is 0 Å². The number of nitrogens with zero attached hydrogens (tertiary/aromatic N) is 3. The summed E-state index contributed by atoms with van der Waals surface area (Å²) in [6.45, 7) is 1.86. The molecular weight excluding hydrogens is 306 g/mol. The normalized spacial score (nSPS) is 11.1. The van der Waals surface area contributed by atoms with Gasteiger partial charge in [0.2, 0.25) is 4.96 Å². The number of aryl methyl sites for hydroxylation is 1. The van der Waals surface area contributed by atoms with Crippen molar-refractivity contribution in [3.8, 4) is 0 Å². The third-order valence-electron chi connectivity index (χ3n) is 2.88. The topological polar surface area (TPSA) is 67.5 Å². The van der Waals surface area contributed by atoms with E-state index in [9.17, 15) is 4.79 Å². The molecule has 0 aliphatic heterocycles. The maximum Gasteiger partial charge on any atom is 0.275 e. The fourth-order valence-corrected chi connectivity index (χ4v) is 3.68. The maximum absolute atomic E-state index is 11.8. The molecule has 1 N–H and O–H groups in total. The number of benzene rings is 1. The lowest BCUT2D eigenvalue weighted by Crippen LogP contribution is -2.14. The Morgan fingerprint density at radius 2 is 2.10 bits per heavy atom. The Bertz CT molecular complexity index is 824. The molecule has 3 rings (SSSR count). The number of aliphatic hydroxyl groups excluding tert-OH is 1. The Morgan fingerprint density at radius 3 is 2.81 bits per heavy atom. The fraction of sp³-hybridized carbons (Fsp3) is 0.214. The van der Waals surface area contributed by atoms with E-state index in [0.717, 1.165) is 15.5 Å². The predicted octanol–water partition coefficient (Wildman–Crippen LogP) is 2.24. The largest absolute Gasteiger partial charge is 0.392 e. The van der Waals surface area contributed by atoms with E-state index < -0.39 is 0 Å². The summed E-state index contributed by atoms with van der Waals surface area (Å²) in [6, 6.07) is 9.22. The van der Waals surface area contributed by atoms with Crippen LogP contribution in [0.3, 0.4) is 0 Å². The molecule has 0 amide bonds. The van der Waals surface area contributed by atoms with E-state index in [1.165, 1.54) is 21.9 Å². The molecule has 0 saturated heterocycles. The summed E-state index contributed by atoms with van der Waals surface area (Å²) in [4.78, 5) is 17.8. The Labute approximate surface area is 129 Å². The van der Waals surface area contributed by atoms with Crippen LogP contribution in [-0.4, -0.2) is 19.7 Å². The first-order chi connectivity index (χ1) is 10.2. The minimum Gasteiger partial charge on any atom is -0.392 e. The van der Waals surface area contributed by atoms with Gasteiger partial charge in [0.25, 0.3) is 5.56 Å². The Balaban J connectivity index is 1.78. The van der Waals surface area contributed by atoms with Gasteiger partial charge in [-0.15, -0.1) is 11.8 Å². The molecule has 0 unspecified atom stereocenters. The average molecular weight is 319 g/mol. The van der Waals surface area contributed by atoms with E-state index in [0.29, 0.717) is 16.4 Å². The van der Waals surface area contributed by atoms with E-state index >= 15 is 0 Å². The van der Waals surface area contributed by atoms with Gasteiger partial charge in [-0.25, -0.2) is 4.98 Å². The molecule has 1 aromatic carbocycles. The zero-order valence-corrected chi connectivity index (χ0v) is 12.9. The van der Waals surface area contributed by atoms with Crippen molar-refractivity contribution in [3.05, 3.63) is 57.0 Å². The second kappa shape index (κ2) is 5.97. The van der Waals surface area contributed by atoms with Crippen molar-refractivity contribution in [2.45, 2.75) is 24.2 Å². The molecule has 0 bridgehead atoms. The van der Waals surface area contributed by atoms with E-state index in [4.69, 9.17) is 5.11 Å². The average Bonchev–Trinajstić information content (AvgIpc) is 2.89. The van der Waals surface area contributed by atoms with Crippen molar-refractivity contribution in [1.29, 1.82) is 0 Å². The van der Waals surface area contributed by atoms with Gasteiger partial charge in [0.1, 0.15) is 5.01 Å². The van der Waals surface area contributed by atoms with E-state index in [-0.39, 0.29) is 12.2 Å². The van der Waals surface area contributed by atoms with Gasteiger partial charge in [-0.1, -0.05) is 23.5 Å². The van der Waals surface area contributed by atoms with Gasteiger partial charge in [-0.05, 0) is 24.6 Å². The number of aromatic nitrogens is 3. The molecule has 0 fully saturated rings. The molecule has 7 heteroatoms. The second-order valence-electron chi connectivity index (χ2n) is 4.52. The summed E-state index contributed by atoms with van der Waals surface area (Å²) in [5.74, 6) is 0.686. The quantitative estimate of drug-likeness (QED) is 0.747. The molecule has 0 atom stereocenters. The van der Waals surface area contributed by atoms with Crippen molar-refractivity contribution >= 4 is 28.1 Å². The van der Waals surface area contributed by atoms with E-state index in [1.54, 1.807) is 18.7 Å². The van der Waals surface area contributed by atoms with Gasteiger partial charge in [-0.2, -0.15) is 9.61 Å². The zero-order chi connectivity index (χ0) is 14.8. The Kier molecular flexibility index (Phi) is 4.05. The van der Waals surface area contributed by atoms with Gasteiger partial charge in [-0.3, -0.25) is 4.79 Å².